The maximum absolute atomic E-state index is 12.8. The lowest BCUT2D eigenvalue weighted by Crippen LogP contribution is -2.35. The summed E-state index contributed by atoms with van der Waals surface area (Å²) < 4.78 is 12.4. The number of carbonyl (C=O) groups excluding carboxylic acids is 2. The van der Waals surface area contributed by atoms with Crippen LogP contribution in [0.25, 0.3) is 0 Å². The van der Waals surface area contributed by atoms with E-state index >= 15 is 0 Å². The van der Waals surface area contributed by atoms with Gasteiger partial charge in [-0.2, -0.15) is 0 Å². The Hall–Kier alpha value is -3.16. The van der Waals surface area contributed by atoms with Crippen LogP contribution in [0.2, 0.25) is 0 Å². The molecule has 0 saturated heterocycles. The summed E-state index contributed by atoms with van der Waals surface area (Å²) in [6, 6.07) is 6.96. The molecular formula is C24H31N3O5. The number of nitrogens with zero attached hydrogens (tertiary/aromatic N) is 3. The second-order valence-electron chi connectivity index (χ2n) is 8.08. The van der Waals surface area contributed by atoms with Gasteiger partial charge in [-0.05, 0) is 18.1 Å². The van der Waals surface area contributed by atoms with Crippen LogP contribution in [0.3, 0.4) is 0 Å². The van der Waals surface area contributed by atoms with Crippen molar-refractivity contribution in [1.82, 2.24) is 14.5 Å². The topological polar surface area (TPSA) is 90.7 Å². The number of fused-ring (bicyclic) bond motifs is 1. The third-order valence-electron chi connectivity index (χ3n) is 5.90. The van der Waals surface area contributed by atoms with Crippen LogP contribution in [0.1, 0.15) is 48.4 Å². The maximum atomic E-state index is 12.8. The summed E-state index contributed by atoms with van der Waals surface area (Å²) in [5.74, 6) is 0.0385. The number of amides is 1. The zero-order valence-electron chi connectivity index (χ0n) is 19.0. The zero-order valence-corrected chi connectivity index (χ0v) is 19.0. The van der Waals surface area contributed by atoms with Crippen molar-refractivity contribution < 1.29 is 19.1 Å². The first-order valence-electron chi connectivity index (χ1n) is 11.1. The number of esters is 1. The Kier molecular flexibility index (Phi) is 8.03. The predicted molar refractivity (Wildman–Crippen MR) is 120 cm³/mol. The minimum Gasteiger partial charge on any atom is -0.492 e. The van der Waals surface area contributed by atoms with E-state index in [2.05, 4.69) is 18.8 Å². The molecule has 1 aliphatic heterocycles. The van der Waals surface area contributed by atoms with E-state index in [9.17, 15) is 14.4 Å². The van der Waals surface area contributed by atoms with Gasteiger partial charge in [0.05, 0.1) is 13.7 Å². The number of rotatable bonds is 8. The Morgan fingerprint density at radius 1 is 1.22 bits per heavy atom. The normalized spacial score (nSPS) is 14.3. The summed E-state index contributed by atoms with van der Waals surface area (Å²) in [4.78, 5) is 44.2. The van der Waals surface area contributed by atoms with Crippen LogP contribution in [0.5, 0.6) is 5.75 Å². The lowest BCUT2D eigenvalue weighted by atomic mass is 10.0. The minimum absolute atomic E-state index is 0.0756. The van der Waals surface area contributed by atoms with Crippen LogP contribution < -0.4 is 10.3 Å². The smallest absolute Gasteiger partial charge is 0.343 e. The molecule has 1 aliphatic rings. The zero-order chi connectivity index (χ0) is 23.1. The van der Waals surface area contributed by atoms with E-state index in [-0.39, 0.29) is 29.4 Å². The first-order valence-corrected chi connectivity index (χ1v) is 11.1. The number of methoxy groups -OCH3 is 1. The van der Waals surface area contributed by atoms with Gasteiger partial charge < -0.3 is 18.9 Å². The van der Waals surface area contributed by atoms with Crippen molar-refractivity contribution in [2.45, 2.75) is 46.1 Å². The predicted octanol–water partition coefficient (Wildman–Crippen LogP) is 2.47. The number of hydrogen-bond acceptors (Lipinski definition) is 6. The monoisotopic (exact) mass is 441 g/mol. The number of aromatic nitrogens is 2. The summed E-state index contributed by atoms with van der Waals surface area (Å²) in [6.45, 7) is 5.59. The van der Waals surface area contributed by atoms with Gasteiger partial charge in [-0.25, -0.2) is 4.79 Å². The van der Waals surface area contributed by atoms with Gasteiger partial charge in [0.15, 0.2) is 0 Å². The van der Waals surface area contributed by atoms with Gasteiger partial charge in [0.2, 0.25) is 5.91 Å². The maximum Gasteiger partial charge on any atom is 0.343 e. The molecule has 1 amide bonds. The molecule has 0 aromatic carbocycles. The molecule has 32 heavy (non-hydrogen) atoms. The standard InChI is InChI=1S/C24H31N3O5/c1-4-17(2)15-21(28)26-11-8-19-23(24(30)31-3)20(16-22(29)27(19)13-12-26)32-14-9-18-7-5-6-10-25-18/h5-7,10,16-17H,4,8-9,11-15H2,1-3H3. The average molecular weight is 442 g/mol. The molecule has 0 aliphatic carbocycles. The second-order valence-corrected chi connectivity index (χ2v) is 8.08. The Labute approximate surface area is 188 Å². The van der Waals surface area contributed by atoms with E-state index in [0.29, 0.717) is 50.5 Å². The van der Waals surface area contributed by atoms with E-state index in [4.69, 9.17) is 9.47 Å². The van der Waals surface area contributed by atoms with E-state index < -0.39 is 5.97 Å². The third-order valence-corrected chi connectivity index (χ3v) is 5.90. The molecule has 3 rings (SSSR count). The van der Waals surface area contributed by atoms with Crippen LogP contribution in [0.4, 0.5) is 0 Å². The Balaban J connectivity index is 1.83. The van der Waals surface area contributed by atoms with Crippen LogP contribution in [-0.4, -0.2) is 53.1 Å². The van der Waals surface area contributed by atoms with Crippen molar-refractivity contribution in [1.29, 1.82) is 0 Å². The first-order chi connectivity index (χ1) is 15.4. The fourth-order valence-corrected chi connectivity index (χ4v) is 3.82. The highest BCUT2D eigenvalue weighted by Gasteiger charge is 2.27. The molecule has 0 spiro atoms. The Bertz CT molecular complexity index is 1000. The minimum atomic E-state index is -0.555. The first kappa shape index (κ1) is 23.5. The van der Waals surface area contributed by atoms with Gasteiger partial charge in [0.1, 0.15) is 11.3 Å². The lowest BCUT2D eigenvalue weighted by Gasteiger charge is -2.21. The van der Waals surface area contributed by atoms with E-state index in [1.165, 1.54) is 13.2 Å². The highest BCUT2D eigenvalue weighted by molar-refractivity contribution is 5.93. The van der Waals surface area contributed by atoms with Crippen molar-refractivity contribution in [3.63, 3.8) is 0 Å². The van der Waals surface area contributed by atoms with Crippen LogP contribution in [-0.2, 0) is 28.9 Å². The van der Waals surface area contributed by atoms with Gasteiger partial charge in [-0.15, -0.1) is 0 Å². The SMILES string of the molecule is CCC(C)CC(=O)N1CCc2c(C(=O)OC)c(OCCc3ccccn3)cc(=O)n2CC1. The Morgan fingerprint density at radius 2 is 2.03 bits per heavy atom. The molecule has 0 radical (unpaired) electrons. The molecular weight excluding hydrogens is 410 g/mol. The molecule has 2 aromatic heterocycles. The summed E-state index contributed by atoms with van der Waals surface area (Å²) in [5, 5.41) is 0. The summed E-state index contributed by atoms with van der Waals surface area (Å²) >= 11 is 0. The molecule has 1 atom stereocenters. The van der Waals surface area contributed by atoms with Gasteiger partial charge >= 0.3 is 5.97 Å². The summed E-state index contributed by atoms with van der Waals surface area (Å²) in [7, 11) is 1.31. The van der Waals surface area contributed by atoms with E-state index in [1.807, 2.05) is 18.2 Å². The molecule has 1 unspecified atom stereocenters. The van der Waals surface area contributed by atoms with Crippen LogP contribution >= 0.6 is 0 Å². The van der Waals surface area contributed by atoms with Gasteiger partial charge in [0.25, 0.3) is 5.56 Å². The van der Waals surface area contributed by atoms with E-state index in [1.54, 1.807) is 15.7 Å². The molecule has 172 valence electrons. The second kappa shape index (κ2) is 10.9. The van der Waals surface area contributed by atoms with Crippen LogP contribution in [0.15, 0.2) is 35.3 Å². The molecule has 0 fully saturated rings. The fraction of sp³-hybridized carbons (Fsp3) is 0.500. The fourth-order valence-electron chi connectivity index (χ4n) is 3.82. The van der Waals surface area contributed by atoms with Gasteiger partial charge in [-0.3, -0.25) is 14.6 Å². The van der Waals surface area contributed by atoms with Crippen molar-refractivity contribution in [2.24, 2.45) is 5.92 Å². The molecule has 2 aromatic rings. The number of hydrogen-bond donors (Lipinski definition) is 0. The number of pyridine rings is 2. The van der Waals surface area contributed by atoms with Crippen molar-refractivity contribution in [3.8, 4) is 5.75 Å². The Morgan fingerprint density at radius 3 is 2.72 bits per heavy atom. The molecule has 8 heteroatoms. The molecule has 0 bridgehead atoms. The van der Waals surface area contributed by atoms with E-state index in [0.717, 1.165) is 12.1 Å². The molecule has 0 saturated carbocycles. The van der Waals surface area contributed by atoms with Crippen molar-refractivity contribution >= 4 is 11.9 Å². The van der Waals surface area contributed by atoms with Crippen molar-refractivity contribution in [3.05, 3.63) is 57.8 Å². The molecule has 0 N–H and O–H groups in total. The number of carbonyl (C=O) groups is 2. The van der Waals surface area contributed by atoms with Gasteiger partial charge in [-0.1, -0.05) is 26.3 Å². The third kappa shape index (κ3) is 5.55. The highest BCUT2D eigenvalue weighted by Crippen LogP contribution is 2.24. The highest BCUT2D eigenvalue weighted by atomic mass is 16.5. The average Bonchev–Trinajstić information content (AvgIpc) is 3.03. The summed E-state index contributed by atoms with van der Waals surface area (Å²) in [5.41, 5.74) is 1.41. The van der Waals surface area contributed by atoms with Crippen LogP contribution in [0, 0.1) is 5.92 Å². The summed E-state index contributed by atoms with van der Waals surface area (Å²) in [6.07, 6.45) is 4.04. The van der Waals surface area contributed by atoms with Gasteiger partial charge in [0, 0.05) is 62.5 Å². The number of ether oxygens (including phenoxy) is 2. The largest absolute Gasteiger partial charge is 0.492 e. The van der Waals surface area contributed by atoms with Crippen molar-refractivity contribution in [2.75, 3.05) is 26.8 Å². The molecule has 3 heterocycles. The molecule has 8 nitrogen and oxygen atoms in total. The lowest BCUT2D eigenvalue weighted by molar-refractivity contribution is -0.132. The quantitative estimate of drug-likeness (QED) is 0.585.